The third-order valence-corrected chi connectivity index (χ3v) is 10.1. The molecule has 0 aliphatic carbocycles. The Bertz CT molecular complexity index is 1710. The zero-order valence-electron chi connectivity index (χ0n) is 25.9. The Morgan fingerprint density at radius 1 is 1.04 bits per heavy atom. The van der Waals surface area contributed by atoms with Gasteiger partial charge in [-0.25, -0.2) is 14.1 Å². The van der Waals surface area contributed by atoms with Crippen LogP contribution in [0.15, 0.2) is 42.9 Å². The van der Waals surface area contributed by atoms with E-state index in [-0.39, 0.29) is 23.2 Å². The fourth-order valence-electron chi connectivity index (χ4n) is 6.81. The number of pyridine rings is 2. The second kappa shape index (κ2) is 11.7. The molecule has 3 aromatic heterocycles. The van der Waals surface area contributed by atoms with Crippen LogP contribution in [0, 0.1) is 5.82 Å². The SMILES string of the molecule is COC1(C)CN(C2(C)CN(c3ncc(-c4nn(C5CCCCO5)c5ccc(O[C@H](C)c6c(Cl)cncc6Cl)cc45)cc3F)C2)C1. The van der Waals surface area contributed by atoms with Crippen LogP contribution in [0.25, 0.3) is 22.2 Å². The van der Waals surface area contributed by atoms with Gasteiger partial charge >= 0.3 is 0 Å². The predicted molar refractivity (Wildman–Crippen MR) is 173 cm³/mol. The number of rotatable bonds is 8. The summed E-state index contributed by atoms with van der Waals surface area (Å²) in [6.45, 7) is 10.1. The zero-order valence-corrected chi connectivity index (χ0v) is 27.4. The summed E-state index contributed by atoms with van der Waals surface area (Å²) < 4.78 is 35.7. The highest BCUT2D eigenvalue weighted by Gasteiger charge is 2.53. The van der Waals surface area contributed by atoms with E-state index in [0.717, 1.165) is 43.3 Å². The highest BCUT2D eigenvalue weighted by Crippen LogP contribution is 2.41. The van der Waals surface area contributed by atoms with Crippen LogP contribution in [0.1, 0.15) is 57.9 Å². The van der Waals surface area contributed by atoms with Crippen LogP contribution in [0.3, 0.4) is 0 Å². The van der Waals surface area contributed by atoms with Gasteiger partial charge in [0.15, 0.2) is 17.9 Å². The monoisotopic (exact) mass is 654 g/mol. The summed E-state index contributed by atoms with van der Waals surface area (Å²) in [4.78, 5) is 13.1. The predicted octanol–water partition coefficient (Wildman–Crippen LogP) is 7.08. The summed E-state index contributed by atoms with van der Waals surface area (Å²) in [7, 11) is 1.76. The van der Waals surface area contributed by atoms with Crippen LogP contribution in [0.2, 0.25) is 10.0 Å². The van der Waals surface area contributed by atoms with Crippen LogP contribution in [0.5, 0.6) is 5.75 Å². The van der Waals surface area contributed by atoms with Crippen molar-refractivity contribution < 1.29 is 18.6 Å². The number of aromatic nitrogens is 4. The molecule has 3 aliphatic rings. The molecule has 3 fully saturated rings. The lowest BCUT2D eigenvalue weighted by atomic mass is 9.82. The molecule has 1 aromatic carbocycles. The Kier molecular flexibility index (Phi) is 7.93. The molecule has 0 N–H and O–H groups in total. The summed E-state index contributed by atoms with van der Waals surface area (Å²) in [5.41, 5.74) is 2.60. The fraction of sp³-hybridized carbons (Fsp3) is 0.485. The molecule has 0 saturated carbocycles. The van der Waals surface area contributed by atoms with Crippen LogP contribution in [-0.2, 0) is 9.47 Å². The van der Waals surface area contributed by atoms with E-state index in [9.17, 15) is 0 Å². The first-order valence-corrected chi connectivity index (χ1v) is 16.1. The number of likely N-dealkylation sites (tertiary alicyclic amines) is 1. The Balaban J connectivity index is 1.18. The molecular formula is C33H37Cl2FN6O3. The Hall–Kier alpha value is -3.02. The first-order valence-electron chi connectivity index (χ1n) is 15.4. The Morgan fingerprint density at radius 3 is 2.47 bits per heavy atom. The summed E-state index contributed by atoms with van der Waals surface area (Å²) >= 11 is 12.8. The van der Waals surface area contributed by atoms with Gasteiger partial charge in [-0.3, -0.25) is 9.88 Å². The van der Waals surface area contributed by atoms with Gasteiger partial charge in [0.2, 0.25) is 0 Å². The van der Waals surface area contributed by atoms with Crippen molar-refractivity contribution in [3.63, 3.8) is 0 Å². The summed E-state index contributed by atoms with van der Waals surface area (Å²) in [6, 6.07) is 7.31. The average molecular weight is 656 g/mol. The lowest BCUT2D eigenvalue weighted by Crippen LogP contribution is -2.77. The Labute approximate surface area is 272 Å². The third-order valence-electron chi connectivity index (χ3n) is 9.48. The van der Waals surface area contributed by atoms with Crippen LogP contribution < -0.4 is 9.64 Å². The lowest BCUT2D eigenvalue weighted by Gasteiger charge is -2.61. The number of halogens is 3. The second-order valence-electron chi connectivity index (χ2n) is 13.0. The van der Waals surface area contributed by atoms with E-state index in [0.29, 0.717) is 58.1 Å². The number of fused-ring (bicyclic) bond motifs is 1. The fourth-order valence-corrected chi connectivity index (χ4v) is 7.48. The molecule has 0 amide bonds. The Morgan fingerprint density at radius 2 is 1.80 bits per heavy atom. The van der Waals surface area contributed by atoms with Crippen molar-refractivity contribution in [2.75, 3.05) is 44.8 Å². The van der Waals surface area contributed by atoms with Gasteiger partial charge in [0.05, 0.1) is 26.7 Å². The molecule has 238 valence electrons. The van der Waals surface area contributed by atoms with E-state index in [1.807, 2.05) is 34.7 Å². The quantitative estimate of drug-likeness (QED) is 0.200. The standard InChI is InChI=1S/C33H37Cl2FN6O3/c1-20(29-24(34)14-37-15-25(29)35)45-22-8-9-27-23(12-22)30(39-42(27)28-7-5-6-10-44-28)21-11-26(36)31(38-13-21)40-16-32(2,17-40)41-18-33(3,19-41)43-4/h8-9,11-15,20,28H,5-7,10,16-19H2,1-4H3/t20-,28?/m1/s1. The molecule has 0 spiro atoms. The largest absolute Gasteiger partial charge is 0.486 e. The van der Waals surface area contributed by atoms with Crippen molar-refractivity contribution >= 4 is 39.9 Å². The molecular weight excluding hydrogens is 618 g/mol. The molecule has 4 aromatic rings. The van der Waals surface area contributed by atoms with E-state index < -0.39 is 6.10 Å². The first kappa shape index (κ1) is 30.6. The van der Waals surface area contributed by atoms with Crippen molar-refractivity contribution in [3.8, 4) is 17.0 Å². The van der Waals surface area contributed by atoms with Crippen LogP contribution in [0.4, 0.5) is 10.2 Å². The molecule has 3 saturated heterocycles. The molecule has 45 heavy (non-hydrogen) atoms. The van der Waals surface area contributed by atoms with Gasteiger partial charge < -0.3 is 19.1 Å². The molecule has 1 unspecified atom stereocenters. The molecule has 9 nitrogen and oxygen atoms in total. The summed E-state index contributed by atoms with van der Waals surface area (Å²) in [6.07, 6.45) is 7.09. The second-order valence-corrected chi connectivity index (χ2v) is 13.8. The molecule has 12 heteroatoms. The number of anilines is 1. The van der Waals surface area contributed by atoms with Gasteiger partial charge in [-0.1, -0.05) is 23.2 Å². The third kappa shape index (κ3) is 5.54. The number of hydrogen-bond acceptors (Lipinski definition) is 8. The van der Waals surface area contributed by atoms with Crippen molar-refractivity contribution in [1.82, 2.24) is 24.6 Å². The van der Waals surface area contributed by atoms with Gasteiger partial charge in [-0.05, 0) is 64.3 Å². The molecule has 6 heterocycles. The minimum absolute atomic E-state index is 0.0297. The van der Waals surface area contributed by atoms with E-state index >= 15 is 4.39 Å². The molecule has 0 bridgehead atoms. The van der Waals surface area contributed by atoms with Crippen molar-refractivity contribution in [1.29, 1.82) is 0 Å². The van der Waals surface area contributed by atoms with Crippen molar-refractivity contribution in [2.45, 2.75) is 63.5 Å². The molecule has 3 aliphatic heterocycles. The van der Waals surface area contributed by atoms with Crippen LogP contribution >= 0.6 is 23.2 Å². The topological polar surface area (TPSA) is 77.8 Å². The first-order chi connectivity index (χ1) is 21.6. The van der Waals surface area contributed by atoms with E-state index in [1.54, 1.807) is 25.7 Å². The van der Waals surface area contributed by atoms with E-state index in [1.165, 1.54) is 6.07 Å². The maximum absolute atomic E-state index is 15.8. The average Bonchev–Trinajstić information content (AvgIpc) is 3.37. The van der Waals surface area contributed by atoms with E-state index in [2.05, 4.69) is 28.7 Å². The zero-order chi connectivity index (χ0) is 31.5. The highest BCUT2D eigenvalue weighted by molar-refractivity contribution is 6.35. The number of ether oxygens (including phenoxy) is 3. The normalized spacial score (nSPS) is 21.8. The summed E-state index contributed by atoms with van der Waals surface area (Å²) in [5.74, 6) is 0.582. The van der Waals surface area contributed by atoms with Gasteiger partial charge in [-0.15, -0.1) is 0 Å². The minimum Gasteiger partial charge on any atom is -0.486 e. The number of hydrogen-bond donors (Lipinski definition) is 0. The van der Waals surface area contributed by atoms with Gasteiger partial charge in [-0.2, -0.15) is 5.10 Å². The van der Waals surface area contributed by atoms with Gasteiger partial charge in [0.25, 0.3) is 0 Å². The van der Waals surface area contributed by atoms with Gasteiger partial charge in [0.1, 0.15) is 17.5 Å². The highest BCUT2D eigenvalue weighted by atomic mass is 35.5. The lowest BCUT2D eigenvalue weighted by molar-refractivity contribution is -0.152. The maximum Gasteiger partial charge on any atom is 0.166 e. The molecule has 7 rings (SSSR count). The minimum atomic E-state index is -0.439. The maximum atomic E-state index is 15.8. The number of methoxy groups -OCH3 is 1. The number of benzene rings is 1. The summed E-state index contributed by atoms with van der Waals surface area (Å²) in [5, 5.41) is 6.65. The van der Waals surface area contributed by atoms with Crippen molar-refractivity contribution in [2.24, 2.45) is 0 Å². The van der Waals surface area contributed by atoms with Gasteiger partial charge in [0, 0.05) is 75.0 Å². The number of nitrogens with zero attached hydrogens (tertiary/aromatic N) is 6. The molecule has 2 atom stereocenters. The van der Waals surface area contributed by atoms with Crippen LogP contribution in [-0.4, -0.2) is 75.7 Å². The smallest absolute Gasteiger partial charge is 0.166 e. The van der Waals surface area contributed by atoms with E-state index in [4.69, 9.17) is 42.5 Å². The molecule has 0 radical (unpaired) electrons. The van der Waals surface area contributed by atoms with Crippen molar-refractivity contribution in [3.05, 3.63) is 64.3 Å².